The van der Waals surface area contributed by atoms with E-state index in [0.29, 0.717) is 37.3 Å². The zero-order valence-corrected chi connectivity index (χ0v) is 16.1. The molecule has 0 amide bonds. The predicted molar refractivity (Wildman–Crippen MR) is 108 cm³/mol. The van der Waals surface area contributed by atoms with Gasteiger partial charge in [-0.3, -0.25) is 24.8 Å². The molecule has 0 atom stereocenters. The molecule has 148 valence electrons. The molecule has 4 rings (SSSR count). The standard InChI is InChI=1S/C21H21N5O3/c1-2-15-6-5-14(10-19(15)26(28)29)12-25-9-7-18-17(13-25)21(27)24-20(23-18)16-4-3-8-22-11-16/h3-6,8,10-11H,2,7,9,12-13H2,1H3,(H,23,24,27). The van der Waals surface area contributed by atoms with Crippen LogP contribution in [0.2, 0.25) is 0 Å². The summed E-state index contributed by atoms with van der Waals surface area (Å²) in [5, 5.41) is 11.3. The van der Waals surface area contributed by atoms with Gasteiger partial charge >= 0.3 is 0 Å². The molecule has 0 radical (unpaired) electrons. The van der Waals surface area contributed by atoms with E-state index in [1.807, 2.05) is 25.1 Å². The first-order valence-corrected chi connectivity index (χ1v) is 9.56. The van der Waals surface area contributed by atoms with Gasteiger partial charge in [0.15, 0.2) is 0 Å². The van der Waals surface area contributed by atoms with Crippen molar-refractivity contribution in [1.29, 1.82) is 0 Å². The maximum Gasteiger partial charge on any atom is 0.272 e. The molecule has 0 spiro atoms. The number of nitrogens with one attached hydrogen (secondary N) is 1. The molecular formula is C21H21N5O3. The van der Waals surface area contributed by atoms with Crippen LogP contribution in [0.1, 0.15) is 29.3 Å². The smallest absolute Gasteiger partial charge is 0.272 e. The van der Waals surface area contributed by atoms with E-state index < -0.39 is 0 Å². The summed E-state index contributed by atoms with van der Waals surface area (Å²) < 4.78 is 0. The van der Waals surface area contributed by atoms with Crippen LogP contribution < -0.4 is 5.56 Å². The summed E-state index contributed by atoms with van der Waals surface area (Å²) in [6.45, 7) is 3.66. The van der Waals surface area contributed by atoms with Gasteiger partial charge in [-0.2, -0.15) is 0 Å². The van der Waals surface area contributed by atoms with Crippen LogP contribution in [0.15, 0.2) is 47.5 Å². The summed E-state index contributed by atoms with van der Waals surface area (Å²) in [7, 11) is 0. The second kappa shape index (κ2) is 7.92. The minimum Gasteiger partial charge on any atom is -0.306 e. The summed E-state index contributed by atoms with van der Waals surface area (Å²) in [4.78, 5) is 37.3. The van der Waals surface area contributed by atoms with Crippen molar-refractivity contribution in [2.24, 2.45) is 0 Å². The van der Waals surface area contributed by atoms with Crippen LogP contribution in [0.4, 0.5) is 5.69 Å². The molecule has 2 aromatic heterocycles. The topological polar surface area (TPSA) is 105 Å². The molecule has 0 bridgehead atoms. The number of pyridine rings is 1. The Hall–Kier alpha value is -3.39. The van der Waals surface area contributed by atoms with Crippen LogP contribution in [0.3, 0.4) is 0 Å². The molecule has 8 nitrogen and oxygen atoms in total. The van der Waals surface area contributed by atoms with Crippen molar-refractivity contribution in [1.82, 2.24) is 19.9 Å². The zero-order chi connectivity index (χ0) is 20.4. The number of hydrogen-bond donors (Lipinski definition) is 1. The quantitative estimate of drug-likeness (QED) is 0.530. The molecule has 0 saturated heterocycles. The highest BCUT2D eigenvalue weighted by atomic mass is 16.6. The average Bonchev–Trinajstić information content (AvgIpc) is 2.74. The molecule has 1 aromatic carbocycles. The van der Waals surface area contributed by atoms with E-state index in [1.54, 1.807) is 24.5 Å². The number of aryl methyl sites for hydroxylation is 1. The van der Waals surface area contributed by atoms with E-state index in [2.05, 4.69) is 19.9 Å². The van der Waals surface area contributed by atoms with E-state index >= 15 is 0 Å². The van der Waals surface area contributed by atoms with E-state index in [9.17, 15) is 14.9 Å². The zero-order valence-electron chi connectivity index (χ0n) is 16.1. The SMILES string of the molecule is CCc1ccc(CN2CCc3nc(-c4cccnc4)[nH]c(=O)c3C2)cc1[N+](=O)[O-]. The minimum absolute atomic E-state index is 0.147. The highest BCUT2D eigenvalue weighted by Crippen LogP contribution is 2.24. The van der Waals surface area contributed by atoms with Gasteiger partial charge in [-0.25, -0.2) is 4.98 Å². The van der Waals surface area contributed by atoms with Crippen LogP contribution in [-0.4, -0.2) is 31.3 Å². The number of fused-ring (bicyclic) bond motifs is 1. The monoisotopic (exact) mass is 391 g/mol. The largest absolute Gasteiger partial charge is 0.306 e. The maximum atomic E-state index is 12.7. The molecule has 1 aliphatic rings. The van der Waals surface area contributed by atoms with Crippen LogP contribution >= 0.6 is 0 Å². The number of rotatable bonds is 5. The number of aromatic amines is 1. The summed E-state index contributed by atoms with van der Waals surface area (Å²) in [6, 6.07) is 9.05. The highest BCUT2D eigenvalue weighted by molar-refractivity contribution is 5.53. The number of nitrogens with zero attached hydrogens (tertiary/aromatic N) is 4. The second-order valence-corrected chi connectivity index (χ2v) is 7.12. The molecule has 1 N–H and O–H groups in total. The highest BCUT2D eigenvalue weighted by Gasteiger charge is 2.22. The Labute approximate surface area is 167 Å². The van der Waals surface area contributed by atoms with E-state index in [1.165, 1.54) is 0 Å². The van der Waals surface area contributed by atoms with E-state index in [4.69, 9.17) is 0 Å². The van der Waals surface area contributed by atoms with Crippen molar-refractivity contribution in [3.8, 4) is 11.4 Å². The number of benzene rings is 1. The van der Waals surface area contributed by atoms with Crippen LogP contribution in [0, 0.1) is 10.1 Å². The lowest BCUT2D eigenvalue weighted by Gasteiger charge is -2.27. The third-order valence-electron chi connectivity index (χ3n) is 5.22. The van der Waals surface area contributed by atoms with Crippen LogP contribution in [-0.2, 0) is 25.9 Å². The Morgan fingerprint density at radius 2 is 2.17 bits per heavy atom. The number of aromatic nitrogens is 3. The van der Waals surface area contributed by atoms with Crippen molar-refractivity contribution in [2.75, 3.05) is 6.54 Å². The molecule has 0 fully saturated rings. The first-order valence-electron chi connectivity index (χ1n) is 9.56. The van der Waals surface area contributed by atoms with Crippen molar-refractivity contribution in [3.63, 3.8) is 0 Å². The van der Waals surface area contributed by atoms with Crippen molar-refractivity contribution in [3.05, 3.63) is 85.6 Å². The summed E-state index contributed by atoms with van der Waals surface area (Å²) in [5.74, 6) is 0.529. The molecule has 0 aliphatic carbocycles. The van der Waals surface area contributed by atoms with Crippen molar-refractivity contribution < 1.29 is 4.92 Å². The summed E-state index contributed by atoms with van der Waals surface area (Å²) >= 11 is 0. The molecule has 3 aromatic rings. The van der Waals surface area contributed by atoms with Gasteiger partial charge in [0.25, 0.3) is 11.2 Å². The Balaban J connectivity index is 1.56. The molecule has 8 heteroatoms. The number of nitro benzene ring substituents is 1. The van der Waals surface area contributed by atoms with Gasteiger partial charge in [-0.05, 0) is 24.1 Å². The van der Waals surface area contributed by atoms with Gasteiger partial charge in [0.05, 0.1) is 16.2 Å². The maximum absolute atomic E-state index is 12.7. The molecule has 0 saturated carbocycles. The van der Waals surface area contributed by atoms with Gasteiger partial charge in [0.1, 0.15) is 5.82 Å². The van der Waals surface area contributed by atoms with Crippen LogP contribution in [0.5, 0.6) is 0 Å². The third kappa shape index (κ3) is 3.93. The molecule has 3 heterocycles. The van der Waals surface area contributed by atoms with Gasteiger partial charge in [0.2, 0.25) is 0 Å². The minimum atomic E-state index is -0.331. The fraction of sp³-hybridized carbons (Fsp3) is 0.286. The Morgan fingerprint density at radius 3 is 2.90 bits per heavy atom. The fourth-order valence-electron chi connectivity index (χ4n) is 3.69. The fourth-order valence-corrected chi connectivity index (χ4v) is 3.69. The van der Waals surface area contributed by atoms with Crippen molar-refractivity contribution in [2.45, 2.75) is 32.9 Å². The molecule has 1 aliphatic heterocycles. The molecular weight excluding hydrogens is 370 g/mol. The second-order valence-electron chi connectivity index (χ2n) is 7.12. The Morgan fingerprint density at radius 1 is 1.31 bits per heavy atom. The number of H-pyrrole nitrogens is 1. The van der Waals surface area contributed by atoms with Crippen molar-refractivity contribution >= 4 is 5.69 Å². The Kier molecular flexibility index (Phi) is 5.18. The van der Waals surface area contributed by atoms with Gasteiger partial charge in [-0.1, -0.05) is 19.1 Å². The summed E-state index contributed by atoms with van der Waals surface area (Å²) in [6.07, 6.45) is 4.62. The van der Waals surface area contributed by atoms with Gasteiger partial charge in [0, 0.05) is 55.6 Å². The van der Waals surface area contributed by atoms with Gasteiger partial charge < -0.3 is 4.98 Å². The summed E-state index contributed by atoms with van der Waals surface area (Å²) in [5.41, 5.74) is 3.84. The van der Waals surface area contributed by atoms with E-state index in [-0.39, 0.29) is 16.2 Å². The third-order valence-corrected chi connectivity index (χ3v) is 5.22. The Bertz CT molecular complexity index is 1110. The predicted octanol–water partition coefficient (Wildman–Crippen LogP) is 2.86. The lowest BCUT2D eigenvalue weighted by Crippen LogP contribution is -2.35. The first kappa shape index (κ1) is 18.9. The first-order chi connectivity index (χ1) is 14.0. The average molecular weight is 391 g/mol. The van der Waals surface area contributed by atoms with E-state index in [0.717, 1.165) is 28.9 Å². The number of hydrogen-bond acceptors (Lipinski definition) is 6. The lowest BCUT2D eigenvalue weighted by molar-refractivity contribution is -0.385. The molecule has 29 heavy (non-hydrogen) atoms. The normalized spacial score (nSPS) is 13.8. The van der Waals surface area contributed by atoms with Crippen LogP contribution in [0.25, 0.3) is 11.4 Å². The molecule has 0 unspecified atom stereocenters. The lowest BCUT2D eigenvalue weighted by atomic mass is 10.0. The number of nitro groups is 1. The van der Waals surface area contributed by atoms with Gasteiger partial charge in [-0.15, -0.1) is 0 Å².